The molecule has 2 aromatic rings. The van der Waals surface area contributed by atoms with Crippen LogP contribution >= 0.6 is 0 Å². The number of imidazole rings is 1. The largest absolute Gasteiger partial charge is 0.354 e. The summed E-state index contributed by atoms with van der Waals surface area (Å²) in [7, 11) is 2.03. The van der Waals surface area contributed by atoms with E-state index in [-0.39, 0.29) is 0 Å². The summed E-state index contributed by atoms with van der Waals surface area (Å²) in [4.78, 5) is 6.62. The lowest BCUT2D eigenvalue weighted by molar-refractivity contribution is 0.379. The van der Waals surface area contributed by atoms with Gasteiger partial charge in [0.1, 0.15) is 5.82 Å². The minimum Gasteiger partial charge on any atom is -0.354 e. The zero-order valence-corrected chi connectivity index (χ0v) is 12.9. The average molecular weight is 298 g/mol. The third-order valence-corrected chi connectivity index (χ3v) is 4.58. The van der Waals surface area contributed by atoms with Crippen LogP contribution in [0.2, 0.25) is 0 Å². The van der Waals surface area contributed by atoms with Crippen molar-refractivity contribution < 1.29 is 0 Å². The first-order valence-electron chi connectivity index (χ1n) is 8.05. The average Bonchev–Trinajstić information content (AvgIpc) is 3.26. The molecule has 22 heavy (non-hydrogen) atoms. The number of nitrogens with one attached hydrogen (secondary N) is 1. The molecule has 0 bridgehead atoms. The van der Waals surface area contributed by atoms with Gasteiger partial charge >= 0.3 is 0 Å². The van der Waals surface area contributed by atoms with Gasteiger partial charge in [-0.15, -0.1) is 5.10 Å². The number of aromatic nitrogens is 4. The highest BCUT2D eigenvalue weighted by molar-refractivity contribution is 5.41. The number of aryl methyl sites for hydroxylation is 1. The minimum absolute atomic E-state index is 0.681. The van der Waals surface area contributed by atoms with E-state index in [4.69, 9.17) is 0 Å². The fourth-order valence-corrected chi connectivity index (χ4v) is 2.94. The van der Waals surface area contributed by atoms with Crippen molar-refractivity contribution >= 4 is 5.82 Å². The Hall–Kier alpha value is -1.95. The molecule has 116 valence electrons. The van der Waals surface area contributed by atoms with E-state index in [1.165, 1.54) is 12.8 Å². The van der Waals surface area contributed by atoms with Gasteiger partial charge < -0.3 is 14.8 Å². The van der Waals surface area contributed by atoms with Crippen molar-refractivity contribution in [2.24, 2.45) is 13.0 Å². The second kappa shape index (κ2) is 5.68. The molecule has 2 aromatic heterocycles. The Morgan fingerprint density at radius 1 is 1.23 bits per heavy atom. The molecule has 1 aliphatic heterocycles. The molecule has 0 spiro atoms. The zero-order chi connectivity index (χ0) is 14.9. The summed E-state index contributed by atoms with van der Waals surface area (Å²) in [5, 5.41) is 12.2. The van der Waals surface area contributed by atoms with E-state index < -0.39 is 0 Å². The molecule has 4 rings (SSSR count). The van der Waals surface area contributed by atoms with Gasteiger partial charge in [0.2, 0.25) is 0 Å². The molecule has 0 aromatic carbocycles. The quantitative estimate of drug-likeness (QED) is 0.871. The van der Waals surface area contributed by atoms with Gasteiger partial charge in [-0.3, -0.25) is 0 Å². The number of hydrogen-bond donors (Lipinski definition) is 1. The van der Waals surface area contributed by atoms with Gasteiger partial charge in [-0.2, -0.15) is 5.10 Å². The van der Waals surface area contributed by atoms with Crippen molar-refractivity contribution in [3.8, 4) is 0 Å². The number of hydrogen-bond acceptors (Lipinski definition) is 5. The molecule has 1 N–H and O–H groups in total. The van der Waals surface area contributed by atoms with E-state index in [0.29, 0.717) is 11.8 Å². The van der Waals surface area contributed by atoms with Gasteiger partial charge in [0, 0.05) is 50.9 Å². The lowest BCUT2D eigenvalue weighted by Crippen LogP contribution is -2.51. The van der Waals surface area contributed by atoms with E-state index in [9.17, 15) is 0 Å². The van der Waals surface area contributed by atoms with Crippen LogP contribution in [0.3, 0.4) is 0 Å². The molecule has 0 amide bonds. The first-order chi connectivity index (χ1) is 10.8. The highest BCUT2D eigenvalue weighted by Gasteiger charge is 2.29. The molecule has 3 heterocycles. The maximum Gasteiger partial charge on any atom is 0.151 e. The fourth-order valence-electron chi connectivity index (χ4n) is 2.94. The summed E-state index contributed by atoms with van der Waals surface area (Å²) in [6, 6.07) is 4.27. The lowest BCUT2D eigenvalue weighted by Gasteiger charge is -2.40. The molecule has 0 unspecified atom stereocenters. The Bertz CT molecular complexity index is 624. The zero-order valence-electron chi connectivity index (χ0n) is 12.9. The third-order valence-electron chi connectivity index (χ3n) is 4.58. The van der Waals surface area contributed by atoms with Crippen LogP contribution in [-0.4, -0.2) is 39.4 Å². The Morgan fingerprint density at radius 2 is 2.09 bits per heavy atom. The summed E-state index contributed by atoms with van der Waals surface area (Å²) in [5.41, 5.74) is 1.16. The van der Waals surface area contributed by atoms with E-state index in [0.717, 1.165) is 43.5 Å². The molecule has 2 aliphatic rings. The summed E-state index contributed by atoms with van der Waals surface area (Å²) < 4.78 is 2.05. The molecule has 1 saturated heterocycles. The molecule has 6 heteroatoms. The van der Waals surface area contributed by atoms with E-state index >= 15 is 0 Å². The van der Waals surface area contributed by atoms with Crippen LogP contribution in [-0.2, 0) is 13.6 Å². The van der Waals surface area contributed by atoms with Gasteiger partial charge in [0.25, 0.3) is 0 Å². The second-order valence-corrected chi connectivity index (χ2v) is 6.45. The number of nitrogens with zero attached hydrogens (tertiary/aromatic N) is 5. The lowest BCUT2D eigenvalue weighted by atomic mass is 10.0. The minimum atomic E-state index is 0.681. The standard InChI is InChI=1S/C16H22N6/c1-21-7-6-18-16(21)9-17-8-12-10-22(11-12)15-5-4-14(19-20-15)13-2-3-13/h4-7,12-13,17H,2-3,8-11H2,1H3. The van der Waals surface area contributed by atoms with Crippen LogP contribution in [0.15, 0.2) is 24.5 Å². The normalized spacial score (nSPS) is 18.5. The van der Waals surface area contributed by atoms with E-state index in [1.54, 1.807) is 0 Å². The Morgan fingerprint density at radius 3 is 2.73 bits per heavy atom. The highest BCUT2D eigenvalue weighted by Crippen LogP contribution is 2.38. The van der Waals surface area contributed by atoms with Gasteiger partial charge in [0.05, 0.1) is 12.2 Å². The molecular formula is C16H22N6. The van der Waals surface area contributed by atoms with E-state index in [2.05, 4.69) is 42.1 Å². The molecule has 1 saturated carbocycles. The van der Waals surface area contributed by atoms with Crippen LogP contribution in [0.1, 0.15) is 30.3 Å². The highest BCUT2D eigenvalue weighted by atomic mass is 15.3. The fraction of sp³-hybridized carbons (Fsp3) is 0.562. The smallest absolute Gasteiger partial charge is 0.151 e. The van der Waals surface area contributed by atoms with Crippen molar-refractivity contribution in [3.05, 3.63) is 36.0 Å². The maximum absolute atomic E-state index is 4.37. The van der Waals surface area contributed by atoms with Gasteiger partial charge in [-0.25, -0.2) is 4.98 Å². The maximum atomic E-state index is 4.37. The van der Waals surface area contributed by atoms with Crippen LogP contribution in [0.25, 0.3) is 0 Å². The Labute approximate surface area is 130 Å². The van der Waals surface area contributed by atoms with Crippen molar-refractivity contribution in [1.29, 1.82) is 0 Å². The first-order valence-corrected chi connectivity index (χ1v) is 8.05. The van der Waals surface area contributed by atoms with Crippen LogP contribution in [0.4, 0.5) is 5.82 Å². The Balaban J connectivity index is 1.21. The molecule has 0 atom stereocenters. The first kappa shape index (κ1) is 13.7. The predicted octanol–water partition coefficient (Wildman–Crippen LogP) is 1.31. The monoisotopic (exact) mass is 298 g/mol. The van der Waals surface area contributed by atoms with Crippen LogP contribution < -0.4 is 10.2 Å². The molecule has 6 nitrogen and oxygen atoms in total. The number of anilines is 1. The van der Waals surface area contributed by atoms with Gasteiger partial charge in [-0.1, -0.05) is 0 Å². The SMILES string of the molecule is Cn1ccnc1CNCC1CN(c2ccc(C3CC3)nn2)C1. The van der Waals surface area contributed by atoms with Crippen molar-refractivity contribution in [3.63, 3.8) is 0 Å². The summed E-state index contributed by atoms with van der Waals surface area (Å²) in [6.07, 6.45) is 6.38. The molecule has 0 radical (unpaired) electrons. The van der Waals surface area contributed by atoms with Crippen molar-refractivity contribution in [2.75, 3.05) is 24.5 Å². The third kappa shape index (κ3) is 2.83. The van der Waals surface area contributed by atoms with Crippen molar-refractivity contribution in [2.45, 2.75) is 25.3 Å². The molecule has 1 aliphatic carbocycles. The van der Waals surface area contributed by atoms with Gasteiger partial charge in [-0.05, 0) is 25.0 Å². The summed E-state index contributed by atoms with van der Waals surface area (Å²) in [6.45, 7) is 3.98. The van der Waals surface area contributed by atoms with E-state index in [1.807, 2.05) is 19.4 Å². The summed E-state index contributed by atoms with van der Waals surface area (Å²) in [5.74, 6) is 3.47. The second-order valence-electron chi connectivity index (χ2n) is 6.45. The topological polar surface area (TPSA) is 58.9 Å². The molecular weight excluding hydrogens is 276 g/mol. The summed E-state index contributed by atoms with van der Waals surface area (Å²) >= 11 is 0. The molecule has 2 fully saturated rings. The van der Waals surface area contributed by atoms with Crippen LogP contribution in [0.5, 0.6) is 0 Å². The van der Waals surface area contributed by atoms with Crippen LogP contribution in [0, 0.1) is 5.92 Å². The van der Waals surface area contributed by atoms with Gasteiger partial charge in [0.15, 0.2) is 5.82 Å². The predicted molar refractivity (Wildman–Crippen MR) is 84.6 cm³/mol. The number of rotatable bonds is 6. The van der Waals surface area contributed by atoms with Crippen molar-refractivity contribution in [1.82, 2.24) is 25.1 Å². The Kier molecular flexibility index (Phi) is 3.54.